The molecule has 0 fully saturated rings. The van der Waals surface area contributed by atoms with Gasteiger partial charge in [0.1, 0.15) is 13.2 Å². The highest BCUT2D eigenvalue weighted by atomic mass is 35.5. The molecule has 4 aromatic rings. The molecule has 0 atom stereocenters. The predicted molar refractivity (Wildman–Crippen MR) is 164 cm³/mol. The van der Waals surface area contributed by atoms with Crippen molar-refractivity contribution in [2.45, 2.75) is 19.4 Å². The maximum atomic E-state index is 12.2. The van der Waals surface area contributed by atoms with Gasteiger partial charge in [-0.25, -0.2) is 4.73 Å². The van der Waals surface area contributed by atoms with Gasteiger partial charge in [-0.2, -0.15) is 19.2 Å². The lowest BCUT2D eigenvalue weighted by molar-refractivity contribution is -0.603. The van der Waals surface area contributed by atoms with Crippen molar-refractivity contribution in [2.24, 2.45) is 4.99 Å². The number of ether oxygens (including phenoxy) is 1. The summed E-state index contributed by atoms with van der Waals surface area (Å²) in [5.41, 5.74) is 1.14. The van der Waals surface area contributed by atoms with Crippen LogP contribution in [0.15, 0.2) is 109 Å². The molecular weight excluding hydrogens is 633 g/mol. The number of aliphatic carboxylic acids is 2. The number of aromatic nitrogens is 3. The minimum absolute atomic E-state index is 0. The number of pyridine rings is 3. The Hall–Kier alpha value is -5.34. The summed E-state index contributed by atoms with van der Waals surface area (Å²) >= 11 is 5.36. The SMILES string of the molecule is Cl.O=C(O)CCN(C(=O)OCc1ccccc1)c1cccc[n+]1[O-].O=C(O)CCN=c1ccccn1O.[O-][n+]1ccccc1Cl. The van der Waals surface area contributed by atoms with Gasteiger partial charge in [-0.05, 0) is 41.4 Å². The average Bonchev–Trinajstić information content (AvgIpc) is 3.00. The summed E-state index contributed by atoms with van der Waals surface area (Å²) in [6, 6.07) is 23.4. The molecule has 0 aliphatic heterocycles. The normalized spacial score (nSPS) is 10.1. The number of benzene rings is 1. The molecule has 0 spiro atoms. The van der Waals surface area contributed by atoms with Gasteiger partial charge in [-0.1, -0.05) is 42.5 Å². The first-order valence-corrected chi connectivity index (χ1v) is 13.3. The lowest BCUT2D eigenvalue weighted by atomic mass is 10.2. The van der Waals surface area contributed by atoms with Crippen LogP contribution in [-0.2, 0) is 20.9 Å². The van der Waals surface area contributed by atoms with E-state index >= 15 is 0 Å². The Kier molecular flexibility index (Phi) is 17.2. The van der Waals surface area contributed by atoms with E-state index in [2.05, 4.69) is 4.99 Å². The molecule has 240 valence electrons. The molecule has 0 bridgehead atoms. The van der Waals surface area contributed by atoms with Crippen molar-refractivity contribution in [3.63, 3.8) is 0 Å². The van der Waals surface area contributed by atoms with Gasteiger partial charge in [-0.15, -0.1) is 12.4 Å². The summed E-state index contributed by atoms with van der Waals surface area (Å²) in [6.45, 7) is 0.0457. The molecule has 3 aromatic heterocycles. The number of anilines is 1. The van der Waals surface area contributed by atoms with Crippen LogP contribution in [0.4, 0.5) is 10.6 Å². The van der Waals surface area contributed by atoms with Crippen LogP contribution in [0.5, 0.6) is 0 Å². The molecule has 16 heteroatoms. The van der Waals surface area contributed by atoms with Crippen LogP contribution in [0.1, 0.15) is 18.4 Å². The third kappa shape index (κ3) is 14.6. The van der Waals surface area contributed by atoms with E-state index in [-0.39, 0.29) is 55.9 Å². The number of carboxylic acids is 2. The Morgan fingerprint density at radius 3 is 2.00 bits per heavy atom. The van der Waals surface area contributed by atoms with Crippen molar-refractivity contribution >= 4 is 47.9 Å². The summed E-state index contributed by atoms with van der Waals surface area (Å²) in [4.78, 5) is 38.0. The number of rotatable bonds is 9. The van der Waals surface area contributed by atoms with E-state index in [4.69, 9.17) is 31.8 Å². The largest absolute Gasteiger partial charge is 0.711 e. The van der Waals surface area contributed by atoms with E-state index in [0.29, 0.717) is 14.9 Å². The van der Waals surface area contributed by atoms with E-state index in [1.54, 1.807) is 48.5 Å². The second-order valence-corrected chi connectivity index (χ2v) is 8.89. The van der Waals surface area contributed by atoms with Crippen molar-refractivity contribution in [3.8, 4) is 0 Å². The standard InChI is InChI=1S/C16H16N2O5.C8H10N2O3.C5H4ClNO.ClH/c19-15(20)9-11-17(14-8-4-5-10-18(14)22)16(21)23-12-13-6-2-1-3-7-13;11-8(12)4-5-9-7-3-1-2-6-10(7)13;6-5-3-1-2-4-7(5)8;/h1-8,10H,9,11-12H2,(H,19,20);1-3,6,13H,4-5H2,(H,11,12);1-4H;1H. The summed E-state index contributed by atoms with van der Waals surface area (Å²) in [7, 11) is 0. The molecule has 1 aromatic carbocycles. The Labute approximate surface area is 268 Å². The fourth-order valence-corrected chi connectivity index (χ4v) is 3.29. The van der Waals surface area contributed by atoms with Gasteiger partial charge in [-0.3, -0.25) is 14.6 Å². The minimum Gasteiger partial charge on any atom is -0.711 e. The number of halogens is 2. The first-order valence-electron chi connectivity index (χ1n) is 12.9. The molecule has 3 heterocycles. The summed E-state index contributed by atoms with van der Waals surface area (Å²) in [5, 5.41) is 48.7. The van der Waals surface area contributed by atoms with Crippen molar-refractivity contribution in [1.82, 2.24) is 4.73 Å². The van der Waals surface area contributed by atoms with Crippen LogP contribution in [0, 0.1) is 10.4 Å². The average molecular weight is 664 g/mol. The van der Waals surface area contributed by atoms with Crippen molar-refractivity contribution in [2.75, 3.05) is 18.0 Å². The number of carbonyl (C=O) groups is 3. The van der Waals surface area contributed by atoms with Crippen molar-refractivity contribution < 1.29 is 44.0 Å². The highest BCUT2D eigenvalue weighted by Crippen LogP contribution is 2.12. The van der Waals surface area contributed by atoms with Gasteiger partial charge in [0.05, 0.1) is 25.6 Å². The topological polar surface area (TPSA) is 196 Å². The van der Waals surface area contributed by atoms with E-state index in [1.165, 1.54) is 36.8 Å². The predicted octanol–water partition coefficient (Wildman–Crippen LogP) is 3.43. The molecule has 0 aliphatic rings. The van der Waals surface area contributed by atoms with Crippen LogP contribution in [0.3, 0.4) is 0 Å². The Morgan fingerprint density at radius 2 is 1.44 bits per heavy atom. The molecule has 0 unspecified atom stereocenters. The third-order valence-corrected chi connectivity index (χ3v) is 5.54. The van der Waals surface area contributed by atoms with E-state index < -0.39 is 18.0 Å². The van der Waals surface area contributed by atoms with Gasteiger partial charge in [0, 0.05) is 24.4 Å². The molecule has 0 saturated heterocycles. The van der Waals surface area contributed by atoms with Gasteiger partial charge in [0.15, 0.2) is 11.7 Å². The van der Waals surface area contributed by atoms with Crippen LogP contribution in [0.2, 0.25) is 5.15 Å². The fourth-order valence-electron chi connectivity index (χ4n) is 3.16. The number of carboxylic acid groups (broad SMARTS) is 2. The second kappa shape index (κ2) is 20.5. The van der Waals surface area contributed by atoms with Gasteiger partial charge in [0.2, 0.25) is 0 Å². The highest BCUT2D eigenvalue weighted by Gasteiger charge is 2.28. The van der Waals surface area contributed by atoms with Crippen molar-refractivity contribution in [3.05, 3.63) is 130 Å². The van der Waals surface area contributed by atoms with Gasteiger partial charge >= 0.3 is 18.0 Å². The zero-order valence-electron chi connectivity index (χ0n) is 23.7. The molecule has 45 heavy (non-hydrogen) atoms. The number of nitrogens with zero attached hydrogens (tertiary/aromatic N) is 5. The third-order valence-electron chi connectivity index (χ3n) is 5.25. The molecule has 1 amide bonds. The fraction of sp³-hybridized carbons (Fsp3) is 0.172. The van der Waals surface area contributed by atoms with Gasteiger partial charge < -0.3 is 30.6 Å². The summed E-state index contributed by atoms with van der Waals surface area (Å²) < 4.78 is 7.11. The van der Waals surface area contributed by atoms with E-state index in [1.807, 2.05) is 18.2 Å². The molecule has 4 rings (SSSR count). The zero-order valence-corrected chi connectivity index (χ0v) is 25.2. The maximum absolute atomic E-state index is 12.2. The highest BCUT2D eigenvalue weighted by molar-refractivity contribution is 6.28. The van der Waals surface area contributed by atoms with Crippen LogP contribution in [0.25, 0.3) is 0 Å². The van der Waals surface area contributed by atoms with E-state index in [9.17, 15) is 24.8 Å². The van der Waals surface area contributed by atoms with E-state index in [0.717, 1.165) is 15.2 Å². The number of hydrogen-bond donors (Lipinski definition) is 3. The minimum atomic E-state index is -1.07. The first kappa shape index (κ1) is 37.7. The first-order chi connectivity index (χ1) is 21.1. The lowest BCUT2D eigenvalue weighted by Crippen LogP contribution is -2.42. The molecule has 3 N–H and O–H groups in total. The smallest absolute Gasteiger partial charge is 0.507 e. The quantitative estimate of drug-likeness (QED) is 0.104. The molecular formula is C29H31Cl2N5O9. The van der Waals surface area contributed by atoms with Crippen LogP contribution < -0.4 is 19.8 Å². The van der Waals surface area contributed by atoms with Crippen LogP contribution >= 0.6 is 24.0 Å². The molecule has 14 nitrogen and oxygen atoms in total. The molecule has 0 saturated carbocycles. The molecule has 0 radical (unpaired) electrons. The number of carbonyl (C=O) groups excluding carboxylic acids is 1. The van der Waals surface area contributed by atoms with Crippen molar-refractivity contribution in [1.29, 1.82) is 0 Å². The maximum Gasteiger partial charge on any atom is 0.507 e. The lowest BCUT2D eigenvalue weighted by Gasteiger charge is -2.17. The molecule has 0 aliphatic carbocycles. The summed E-state index contributed by atoms with van der Waals surface area (Å²) in [5.74, 6) is -1.95. The Balaban J connectivity index is 0.000000386. The Morgan fingerprint density at radius 1 is 0.844 bits per heavy atom. The van der Waals surface area contributed by atoms with Crippen LogP contribution in [-0.4, -0.2) is 51.3 Å². The monoisotopic (exact) mass is 663 g/mol. The second-order valence-electron chi connectivity index (χ2n) is 8.50. The Bertz CT molecular complexity index is 1550. The number of hydrogen-bond acceptors (Lipinski definition) is 8. The summed E-state index contributed by atoms with van der Waals surface area (Å²) in [6.07, 6.45) is 2.91. The van der Waals surface area contributed by atoms with Gasteiger partial charge in [0.25, 0.3) is 11.0 Å². The zero-order chi connectivity index (χ0) is 32.3. The number of amides is 1.